The normalized spacial score (nSPS) is 10.8. The first-order valence-corrected chi connectivity index (χ1v) is 7.99. The third-order valence-corrected chi connectivity index (χ3v) is 3.85. The third-order valence-electron chi connectivity index (χ3n) is 3.52. The summed E-state index contributed by atoms with van der Waals surface area (Å²) in [5.41, 5.74) is 0.829. The Balaban J connectivity index is 1.75. The zero-order valence-electron chi connectivity index (χ0n) is 13.4. The van der Waals surface area contributed by atoms with E-state index in [1.54, 1.807) is 54.6 Å². The third kappa shape index (κ3) is 3.99. The van der Waals surface area contributed by atoms with Crippen LogP contribution in [0.4, 0.5) is 11.4 Å². The average Bonchev–Trinajstić information content (AvgIpc) is 3.11. The highest BCUT2D eigenvalue weighted by Crippen LogP contribution is 2.31. The molecule has 3 rings (SSSR count). The summed E-state index contributed by atoms with van der Waals surface area (Å²) in [6.45, 7) is 0. The molecule has 0 atom stereocenters. The molecule has 1 heterocycles. The smallest absolute Gasteiger partial charge is 0.280 e. The lowest BCUT2D eigenvalue weighted by Crippen LogP contribution is -2.07. The van der Waals surface area contributed by atoms with Crippen LogP contribution in [-0.2, 0) is 4.79 Å². The zero-order valence-corrected chi connectivity index (χ0v) is 14.1. The van der Waals surface area contributed by atoms with Gasteiger partial charge in [-0.05, 0) is 36.4 Å². The summed E-state index contributed by atoms with van der Waals surface area (Å²) in [4.78, 5) is 22.6. The number of hydrogen-bond donors (Lipinski definition) is 1. The van der Waals surface area contributed by atoms with E-state index in [0.29, 0.717) is 27.8 Å². The van der Waals surface area contributed by atoms with Crippen molar-refractivity contribution in [3.8, 4) is 11.3 Å². The SMILES string of the molecule is O=C(/C=C/c1ccc(-c2ccccc2[N+](=O)[O-])o1)Nc1ccccc1Cl. The molecular formula is C19H13ClN2O4. The van der Waals surface area contributed by atoms with E-state index < -0.39 is 4.92 Å². The number of nitrogens with zero attached hydrogens (tertiary/aromatic N) is 1. The second kappa shape index (κ2) is 7.67. The molecule has 0 aliphatic carbocycles. The van der Waals surface area contributed by atoms with Crippen molar-refractivity contribution in [1.82, 2.24) is 0 Å². The molecule has 0 bridgehead atoms. The van der Waals surface area contributed by atoms with Gasteiger partial charge in [-0.2, -0.15) is 0 Å². The second-order valence-corrected chi connectivity index (χ2v) is 5.69. The lowest BCUT2D eigenvalue weighted by molar-refractivity contribution is -0.384. The second-order valence-electron chi connectivity index (χ2n) is 5.28. The summed E-state index contributed by atoms with van der Waals surface area (Å²) in [6, 6.07) is 16.4. The Labute approximate surface area is 153 Å². The number of amides is 1. The Bertz CT molecular complexity index is 994. The van der Waals surface area contributed by atoms with Gasteiger partial charge >= 0.3 is 0 Å². The lowest BCUT2D eigenvalue weighted by atomic mass is 10.1. The molecule has 0 aliphatic rings. The van der Waals surface area contributed by atoms with E-state index in [1.165, 1.54) is 18.2 Å². The van der Waals surface area contributed by atoms with Gasteiger partial charge in [0.05, 0.1) is 21.2 Å². The average molecular weight is 369 g/mol. The Kier molecular flexibility index (Phi) is 5.15. The van der Waals surface area contributed by atoms with Gasteiger partial charge in [0.1, 0.15) is 11.5 Å². The van der Waals surface area contributed by atoms with Crippen LogP contribution in [0.3, 0.4) is 0 Å². The lowest BCUT2D eigenvalue weighted by Gasteiger charge is -2.03. The highest BCUT2D eigenvalue weighted by molar-refractivity contribution is 6.33. The van der Waals surface area contributed by atoms with E-state index in [9.17, 15) is 14.9 Å². The summed E-state index contributed by atoms with van der Waals surface area (Å²) < 4.78 is 5.59. The van der Waals surface area contributed by atoms with Crippen molar-refractivity contribution < 1.29 is 14.1 Å². The summed E-state index contributed by atoms with van der Waals surface area (Å²) in [6.07, 6.45) is 2.77. The number of rotatable bonds is 5. The fourth-order valence-electron chi connectivity index (χ4n) is 2.32. The van der Waals surface area contributed by atoms with Crippen molar-refractivity contribution in [2.45, 2.75) is 0 Å². The molecular weight excluding hydrogens is 356 g/mol. The van der Waals surface area contributed by atoms with Gasteiger partial charge in [0.15, 0.2) is 0 Å². The topological polar surface area (TPSA) is 85.4 Å². The van der Waals surface area contributed by atoms with Crippen LogP contribution in [0.15, 0.2) is 71.2 Å². The van der Waals surface area contributed by atoms with Crippen molar-refractivity contribution >= 4 is 35.0 Å². The van der Waals surface area contributed by atoms with Crippen molar-refractivity contribution in [2.24, 2.45) is 0 Å². The number of halogens is 1. The van der Waals surface area contributed by atoms with E-state index in [1.807, 2.05) is 0 Å². The predicted molar refractivity (Wildman–Crippen MR) is 99.9 cm³/mol. The highest BCUT2D eigenvalue weighted by Gasteiger charge is 2.16. The van der Waals surface area contributed by atoms with Crippen molar-refractivity contribution in [3.63, 3.8) is 0 Å². The van der Waals surface area contributed by atoms with E-state index in [0.717, 1.165) is 0 Å². The Morgan fingerprint density at radius 3 is 2.58 bits per heavy atom. The van der Waals surface area contributed by atoms with Crippen molar-refractivity contribution in [2.75, 3.05) is 5.32 Å². The number of benzene rings is 2. The van der Waals surface area contributed by atoms with Crippen molar-refractivity contribution in [3.05, 3.63) is 87.6 Å². The number of nitro groups is 1. The van der Waals surface area contributed by atoms with E-state index >= 15 is 0 Å². The number of carbonyl (C=O) groups excluding carboxylic acids is 1. The minimum atomic E-state index is -0.468. The van der Waals surface area contributed by atoms with Gasteiger partial charge in [-0.25, -0.2) is 0 Å². The molecule has 7 heteroatoms. The number of nitrogens with one attached hydrogen (secondary N) is 1. The summed E-state index contributed by atoms with van der Waals surface area (Å²) >= 11 is 5.98. The van der Waals surface area contributed by atoms with Crippen LogP contribution in [0.5, 0.6) is 0 Å². The minimum Gasteiger partial charge on any atom is -0.456 e. The number of nitro benzene ring substituents is 1. The van der Waals surface area contributed by atoms with Crippen molar-refractivity contribution in [1.29, 1.82) is 0 Å². The number of para-hydroxylation sites is 2. The maximum atomic E-state index is 12.0. The molecule has 6 nitrogen and oxygen atoms in total. The summed E-state index contributed by atoms with van der Waals surface area (Å²) in [5.74, 6) is 0.373. The molecule has 1 aromatic heterocycles. The molecule has 0 radical (unpaired) electrons. The Morgan fingerprint density at radius 2 is 1.81 bits per heavy atom. The number of carbonyl (C=O) groups is 1. The molecule has 1 amide bonds. The van der Waals surface area contributed by atoms with Gasteiger partial charge in [-0.3, -0.25) is 14.9 Å². The first-order chi connectivity index (χ1) is 12.5. The van der Waals surface area contributed by atoms with Gasteiger partial charge in [0, 0.05) is 12.1 Å². The van der Waals surface area contributed by atoms with Gasteiger partial charge in [-0.1, -0.05) is 35.9 Å². The summed E-state index contributed by atoms with van der Waals surface area (Å²) in [7, 11) is 0. The van der Waals surface area contributed by atoms with Crippen LogP contribution < -0.4 is 5.32 Å². The quantitative estimate of drug-likeness (QED) is 0.383. The zero-order chi connectivity index (χ0) is 18.5. The molecule has 130 valence electrons. The molecule has 0 saturated carbocycles. The van der Waals surface area contributed by atoms with Crippen LogP contribution in [-0.4, -0.2) is 10.8 Å². The maximum absolute atomic E-state index is 12.0. The molecule has 0 aliphatic heterocycles. The molecule has 26 heavy (non-hydrogen) atoms. The van der Waals surface area contributed by atoms with Crippen LogP contribution in [0, 0.1) is 10.1 Å². The molecule has 0 fully saturated rings. The van der Waals surface area contributed by atoms with Crippen LogP contribution in [0.25, 0.3) is 17.4 Å². The van der Waals surface area contributed by atoms with E-state index in [4.69, 9.17) is 16.0 Å². The number of furan rings is 1. The molecule has 2 aromatic carbocycles. The van der Waals surface area contributed by atoms with Crippen LogP contribution in [0.1, 0.15) is 5.76 Å². The van der Waals surface area contributed by atoms with Crippen LogP contribution >= 0.6 is 11.6 Å². The summed E-state index contributed by atoms with van der Waals surface area (Å²) in [5, 5.41) is 14.2. The number of hydrogen-bond acceptors (Lipinski definition) is 4. The Morgan fingerprint density at radius 1 is 1.08 bits per heavy atom. The van der Waals surface area contributed by atoms with Gasteiger partial charge < -0.3 is 9.73 Å². The first-order valence-electron chi connectivity index (χ1n) is 7.62. The van der Waals surface area contributed by atoms with Gasteiger partial charge in [-0.15, -0.1) is 0 Å². The Hall–Kier alpha value is -3.38. The number of anilines is 1. The standard InChI is InChI=1S/C19H13ClN2O4/c20-15-6-2-3-7-16(15)21-19(23)12-10-13-9-11-18(26-13)14-5-1-4-8-17(14)22(24)25/h1-12H,(H,21,23)/b12-10+. The van der Waals surface area contributed by atoms with Gasteiger partial charge in [0.2, 0.25) is 5.91 Å². The fourth-order valence-corrected chi connectivity index (χ4v) is 2.51. The first kappa shape index (κ1) is 17.4. The van der Waals surface area contributed by atoms with E-state index in [-0.39, 0.29) is 11.6 Å². The predicted octanol–water partition coefficient (Wildman–Crippen LogP) is 5.16. The maximum Gasteiger partial charge on any atom is 0.280 e. The highest BCUT2D eigenvalue weighted by atomic mass is 35.5. The molecule has 0 saturated heterocycles. The molecule has 3 aromatic rings. The fraction of sp³-hybridized carbons (Fsp3) is 0. The minimum absolute atomic E-state index is 0.0474. The van der Waals surface area contributed by atoms with Crippen LogP contribution in [0.2, 0.25) is 5.02 Å². The van der Waals surface area contributed by atoms with E-state index in [2.05, 4.69) is 5.32 Å². The molecule has 0 unspecified atom stereocenters. The largest absolute Gasteiger partial charge is 0.456 e. The monoisotopic (exact) mass is 368 g/mol. The molecule has 1 N–H and O–H groups in total. The molecule has 0 spiro atoms. The van der Waals surface area contributed by atoms with Gasteiger partial charge in [0.25, 0.3) is 5.69 Å².